The second-order valence-electron chi connectivity index (χ2n) is 6.50. The van der Waals surface area contributed by atoms with E-state index in [1.165, 1.54) is 11.6 Å². The van der Waals surface area contributed by atoms with Crippen molar-refractivity contribution in [1.29, 1.82) is 0 Å². The molecule has 26 heavy (non-hydrogen) atoms. The van der Waals surface area contributed by atoms with Crippen molar-refractivity contribution < 1.29 is 9.90 Å². The molecule has 3 nitrogen and oxygen atoms in total. The number of rotatable bonds is 5. The lowest BCUT2D eigenvalue weighted by Crippen LogP contribution is -2.37. The average Bonchev–Trinajstić information content (AvgIpc) is 2.63. The highest BCUT2D eigenvalue weighted by atomic mass is 79.9. The lowest BCUT2D eigenvalue weighted by atomic mass is 9.92. The van der Waals surface area contributed by atoms with Gasteiger partial charge in [0.2, 0.25) is 0 Å². The summed E-state index contributed by atoms with van der Waals surface area (Å²) in [6.07, 6.45) is 3.23. The Morgan fingerprint density at radius 3 is 2.54 bits per heavy atom. The number of hydrogen-bond acceptors (Lipinski definition) is 3. The molecule has 1 aliphatic heterocycles. The van der Waals surface area contributed by atoms with E-state index in [1.807, 2.05) is 18.2 Å². The van der Waals surface area contributed by atoms with Gasteiger partial charge in [-0.05, 0) is 49.2 Å². The first-order chi connectivity index (χ1) is 12.1. The number of aliphatic hydroxyl groups excluding tert-OH is 1. The quantitative estimate of drug-likeness (QED) is 0.511. The highest BCUT2D eigenvalue weighted by molar-refractivity contribution is 8.93. The normalized spacial score (nSPS) is 18.2. The Balaban J connectivity index is 0.00000243. The van der Waals surface area contributed by atoms with Gasteiger partial charge in [-0.2, -0.15) is 0 Å². The van der Waals surface area contributed by atoms with Crippen LogP contribution in [0.2, 0.25) is 5.02 Å². The van der Waals surface area contributed by atoms with Gasteiger partial charge in [-0.15, -0.1) is 17.0 Å². The standard InChI is InChI=1S/C21H22ClNO2.BrH/c22-19-10-8-17(9-11-19)20(24)13-21(25)18-7-4-12-23(15-18)14-16-5-2-1-3-6-16;/h1-3,5-6,8-11,13,18,24H,4,7,12,14-15H2;1H. The number of ketones is 1. The number of likely N-dealkylation sites (tertiary alicyclic amines) is 1. The van der Waals surface area contributed by atoms with Gasteiger partial charge in [0, 0.05) is 35.7 Å². The number of benzene rings is 2. The van der Waals surface area contributed by atoms with Crippen molar-refractivity contribution in [2.24, 2.45) is 5.92 Å². The van der Waals surface area contributed by atoms with Crippen LogP contribution in [0.5, 0.6) is 0 Å². The van der Waals surface area contributed by atoms with E-state index in [-0.39, 0.29) is 34.4 Å². The van der Waals surface area contributed by atoms with Crippen molar-refractivity contribution in [2.45, 2.75) is 19.4 Å². The third kappa shape index (κ3) is 5.70. The van der Waals surface area contributed by atoms with Crippen molar-refractivity contribution in [3.63, 3.8) is 0 Å². The van der Waals surface area contributed by atoms with Crippen LogP contribution in [0.1, 0.15) is 24.0 Å². The van der Waals surface area contributed by atoms with E-state index in [0.717, 1.165) is 32.5 Å². The molecule has 2 aromatic rings. The van der Waals surface area contributed by atoms with Crippen molar-refractivity contribution in [1.82, 2.24) is 4.90 Å². The van der Waals surface area contributed by atoms with Crippen molar-refractivity contribution >= 4 is 40.1 Å². The monoisotopic (exact) mass is 435 g/mol. The SMILES string of the molecule is Br.O=C(C=C(O)c1ccc(Cl)cc1)C1CCCN(Cc2ccccc2)C1. The van der Waals surface area contributed by atoms with Gasteiger partial charge in [0.05, 0.1) is 0 Å². The van der Waals surface area contributed by atoms with E-state index < -0.39 is 0 Å². The third-order valence-electron chi connectivity index (χ3n) is 4.58. The summed E-state index contributed by atoms with van der Waals surface area (Å²) in [6.45, 7) is 2.60. The van der Waals surface area contributed by atoms with Gasteiger partial charge in [0.15, 0.2) is 5.78 Å². The van der Waals surface area contributed by atoms with Crippen LogP contribution >= 0.6 is 28.6 Å². The van der Waals surface area contributed by atoms with Crippen LogP contribution in [0.15, 0.2) is 60.7 Å². The fraction of sp³-hybridized carbons (Fsp3) is 0.286. The minimum atomic E-state index is -0.0630. The van der Waals surface area contributed by atoms with Crippen molar-refractivity contribution in [3.05, 3.63) is 76.8 Å². The zero-order valence-electron chi connectivity index (χ0n) is 14.5. The molecular weight excluding hydrogens is 414 g/mol. The Bertz CT molecular complexity index is 746. The van der Waals surface area contributed by atoms with E-state index in [9.17, 15) is 9.90 Å². The second-order valence-corrected chi connectivity index (χ2v) is 6.94. The summed E-state index contributed by atoms with van der Waals surface area (Å²) in [5.74, 6) is -0.0704. The van der Waals surface area contributed by atoms with Gasteiger partial charge in [0.1, 0.15) is 5.76 Å². The Kier molecular flexibility index (Phi) is 7.88. The molecular formula is C21H23BrClNO2. The summed E-state index contributed by atoms with van der Waals surface area (Å²) in [5, 5.41) is 10.8. The average molecular weight is 437 g/mol. The molecule has 2 aromatic carbocycles. The van der Waals surface area contributed by atoms with E-state index in [0.29, 0.717) is 10.6 Å². The van der Waals surface area contributed by atoms with Crippen LogP contribution in [0.25, 0.3) is 5.76 Å². The van der Waals surface area contributed by atoms with Crippen molar-refractivity contribution in [2.75, 3.05) is 13.1 Å². The van der Waals surface area contributed by atoms with Crippen LogP contribution in [0.3, 0.4) is 0 Å². The largest absolute Gasteiger partial charge is 0.507 e. The predicted octanol–water partition coefficient (Wildman–Crippen LogP) is 5.30. The van der Waals surface area contributed by atoms with Gasteiger partial charge in [-0.3, -0.25) is 9.69 Å². The molecule has 138 valence electrons. The number of piperidine rings is 1. The maximum Gasteiger partial charge on any atom is 0.163 e. The molecule has 3 rings (SSSR count). The molecule has 0 amide bonds. The molecule has 0 saturated carbocycles. The molecule has 0 bridgehead atoms. The highest BCUT2D eigenvalue weighted by Crippen LogP contribution is 2.22. The number of aliphatic hydroxyl groups is 1. The molecule has 1 heterocycles. The number of nitrogens with zero attached hydrogens (tertiary/aromatic N) is 1. The minimum Gasteiger partial charge on any atom is -0.507 e. The molecule has 0 radical (unpaired) electrons. The minimum absolute atomic E-state index is 0. The molecule has 0 aromatic heterocycles. The van der Waals surface area contributed by atoms with Crippen LogP contribution < -0.4 is 0 Å². The molecule has 0 spiro atoms. The third-order valence-corrected chi connectivity index (χ3v) is 4.83. The zero-order chi connectivity index (χ0) is 17.6. The zero-order valence-corrected chi connectivity index (χ0v) is 16.9. The van der Waals surface area contributed by atoms with Crippen molar-refractivity contribution in [3.8, 4) is 0 Å². The highest BCUT2D eigenvalue weighted by Gasteiger charge is 2.25. The van der Waals surface area contributed by atoms with Gasteiger partial charge in [0.25, 0.3) is 0 Å². The van der Waals surface area contributed by atoms with Crippen LogP contribution in [-0.2, 0) is 11.3 Å². The fourth-order valence-electron chi connectivity index (χ4n) is 3.23. The first kappa shape index (κ1) is 20.7. The summed E-state index contributed by atoms with van der Waals surface area (Å²) in [7, 11) is 0. The molecule has 1 unspecified atom stereocenters. The number of carbonyl (C=O) groups is 1. The molecule has 1 aliphatic rings. The van der Waals surface area contributed by atoms with Gasteiger partial charge in [-0.1, -0.05) is 41.9 Å². The Labute approximate surface area is 170 Å². The number of carbonyl (C=O) groups excluding carboxylic acids is 1. The molecule has 1 fully saturated rings. The lowest BCUT2D eigenvalue weighted by Gasteiger charge is -2.31. The maximum atomic E-state index is 12.6. The van der Waals surface area contributed by atoms with E-state index in [2.05, 4.69) is 17.0 Å². The summed E-state index contributed by atoms with van der Waals surface area (Å²) >= 11 is 5.85. The smallest absolute Gasteiger partial charge is 0.163 e. The van der Waals surface area contributed by atoms with Crippen LogP contribution in [0.4, 0.5) is 0 Å². The maximum absolute atomic E-state index is 12.6. The van der Waals surface area contributed by atoms with E-state index >= 15 is 0 Å². The topological polar surface area (TPSA) is 40.5 Å². The lowest BCUT2D eigenvalue weighted by molar-refractivity contribution is -0.119. The Hall–Kier alpha value is -1.62. The first-order valence-electron chi connectivity index (χ1n) is 8.58. The van der Waals surface area contributed by atoms with Crippen LogP contribution in [0, 0.1) is 5.92 Å². The van der Waals surface area contributed by atoms with Crippen LogP contribution in [-0.4, -0.2) is 28.9 Å². The molecule has 1 atom stereocenters. The van der Waals surface area contributed by atoms with Gasteiger partial charge < -0.3 is 5.11 Å². The van der Waals surface area contributed by atoms with E-state index in [4.69, 9.17) is 11.6 Å². The number of allylic oxidation sites excluding steroid dienone is 1. The predicted molar refractivity (Wildman–Crippen MR) is 112 cm³/mol. The summed E-state index contributed by atoms with van der Waals surface area (Å²) in [4.78, 5) is 14.9. The summed E-state index contributed by atoms with van der Waals surface area (Å²) < 4.78 is 0. The number of halogens is 2. The van der Waals surface area contributed by atoms with Gasteiger partial charge >= 0.3 is 0 Å². The molecule has 0 aliphatic carbocycles. The Morgan fingerprint density at radius 2 is 1.85 bits per heavy atom. The van der Waals surface area contributed by atoms with E-state index in [1.54, 1.807) is 24.3 Å². The molecule has 5 heteroatoms. The fourth-order valence-corrected chi connectivity index (χ4v) is 3.36. The molecule has 1 saturated heterocycles. The summed E-state index contributed by atoms with van der Waals surface area (Å²) in [5.41, 5.74) is 1.87. The van der Waals surface area contributed by atoms with Gasteiger partial charge in [-0.25, -0.2) is 0 Å². The second kappa shape index (κ2) is 9.91. The Morgan fingerprint density at radius 1 is 1.15 bits per heavy atom. The first-order valence-corrected chi connectivity index (χ1v) is 8.96. The summed E-state index contributed by atoms with van der Waals surface area (Å²) in [6, 6.07) is 17.1. The molecule has 1 N–H and O–H groups in total. The number of hydrogen-bond donors (Lipinski definition) is 1.